The molecule has 6 nitrogen and oxygen atoms in total. The lowest BCUT2D eigenvalue weighted by atomic mass is 9.87. The van der Waals surface area contributed by atoms with Gasteiger partial charge in [-0.25, -0.2) is 9.59 Å². The van der Waals surface area contributed by atoms with Crippen molar-refractivity contribution < 1.29 is 19.1 Å². The van der Waals surface area contributed by atoms with Crippen LogP contribution >= 0.6 is 0 Å². The van der Waals surface area contributed by atoms with E-state index in [4.69, 9.17) is 9.47 Å². The van der Waals surface area contributed by atoms with Crippen molar-refractivity contribution >= 4 is 11.9 Å². The molecule has 0 amide bonds. The number of pyridine rings is 2. The SMILES string of the molecule is O=C1/C=C/C(=O)OCC(c2ccccn2)C(c2ccccn2)CO1. The standard InChI is InChI=1S/C18H16N2O4/c21-17-7-8-18(22)24-12-14(16-6-2-4-10-20-16)13(11-23-17)15-5-1-3-9-19-15/h1-10,13-14H,11-12H2/b8-7+. The number of cyclic esters (lactones) is 2. The van der Waals surface area contributed by atoms with E-state index in [0.717, 1.165) is 23.5 Å². The van der Waals surface area contributed by atoms with Crippen LogP contribution in [0.25, 0.3) is 0 Å². The van der Waals surface area contributed by atoms with Crippen LogP contribution in [-0.2, 0) is 19.1 Å². The summed E-state index contributed by atoms with van der Waals surface area (Å²) in [6.07, 6.45) is 5.49. The van der Waals surface area contributed by atoms with E-state index in [1.54, 1.807) is 12.4 Å². The summed E-state index contributed by atoms with van der Waals surface area (Å²) in [5, 5.41) is 0. The minimum atomic E-state index is -0.588. The van der Waals surface area contributed by atoms with Crippen LogP contribution in [0, 0.1) is 0 Å². The Kier molecular flexibility index (Phi) is 4.96. The third-order valence-electron chi connectivity index (χ3n) is 3.79. The number of rotatable bonds is 2. The number of carbonyl (C=O) groups is 2. The predicted octanol–water partition coefficient (Wildman–Crippen LogP) is 2.00. The van der Waals surface area contributed by atoms with Crippen molar-refractivity contribution in [3.63, 3.8) is 0 Å². The van der Waals surface area contributed by atoms with Crippen LogP contribution in [0.5, 0.6) is 0 Å². The van der Waals surface area contributed by atoms with E-state index in [2.05, 4.69) is 9.97 Å². The van der Waals surface area contributed by atoms with Crippen molar-refractivity contribution in [2.24, 2.45) is 0 Å². The van der Waals surface area contributed by atoms with E-state index in [1.165, 1.54) is 0 Å². The van der Waals surface area contributed by atoms with Gasteiger partial charge in [0.2, 0.25) is 0 Å². The molecule has 0 radical (unpaired) electrons. The lowest BCUT2D eigenvalue weighted by molar-refractivity contribution is -0.143. The maximum atomic E-state index is 11.7. The Hall–Kier alpha value is -3.02. The van der Waals surface area contributed by atoms with Gasteiger partial charge < -0.3 is 9.47 Å². The van der Waals surface area contributed by atoms with Crippen LogP contribution in [0.1, 0.15) is 23.2 Å². The molecule has 24 heavy (non-hydrogen) atoms. The highest BCUT2D eigenvalue weighted by atomic mass is 16.5. The van der Waals surface area contributed by atoms with Crippen molar-refractivity contribution in [1.82, 2.24) is 9.97 Å². The van der Waals surface area contributed by atoms with Gasteiger partial charge in [0.25, 0.3) is 0 Å². The number of hydrogen-bond acceptors (Lipinski definition) is 6. The number of ether oxygens (including phenoxy) is 2. The van der Waals surface area contributed by atoms with Gasteiger partial charge in [0, 0.05) is 47.8 Å². The van der Waals surface area contributed by atoms with E-state index in [0.29, 0.717) is 0 Å². The van der Waals surface area contributed by atoms with Gasteiger partial charge >= 0.3 is 11.9 Å². The largest absolute Gasteiger partial charge is 0.462 e. The van der Waals surface area contributed by atoms with Crippen LogP contribution in [-0.4, -0.2) is 35.1 Å². The summed E-state index contributed by atoms with van der Waals surface area (Å²) < 4.78 is 10.6. The highest BCUT2D eigenvalue weighted by Gasteiger charge is 2.30. The van der Waals surface area contributed by atoms with E-state index in [1.807, 2.05) is 36.4 Å². The van der Waals surface area contributed by atoms with Gasteiger partial charge in [-0.05, 0) is 24.3 Å². The third-order valence-corrected chi connectivity index (χ3v) is 3.79. The van der Waals surface area contributed by atoms with E-state index in [9.17, 15) is 9.59 Å². The van der Waals surface area contributed by atoms with Crippen molar-refractivity contribution in [1.29, 1.82) is 0 Å². The van der Waals surface area contributed by atoms with E-state index in [-0.39, 0.29) is 25.0 Å². The fourth-order valence-corrected chi connectivity index (χ4v) is 2.58. The highest BCUT2D eigenvalue weighted by Crippen LogP contribution is 2.32. The zero-order valence-corrected chi connectivity index (χ0v) is 12.9. The molecule has 0 spiro atoms. The summed E-state index contributed by atoms with van der Waals surface area (Å²) in [6.45, 7) is 0.248. The van der Waals surface area contributed by atoms with Gasteiger partial charge in [-0.2, -0.15) is 0 Å². The molecule has 3 rings (SSSR count). The summed E-state index contributed by atoms with van der Waals surface area (Å²) >= 11 is 0. The Labute approximate surface area is 139 Å². The van der Waals surface area contributed by atoms with Gasteiger partial charge in [-0.15, -0.1) is 0 Å². The van der Waals surface area contributed by atoms with Crippen molar-refractivity contribution in [3.8, 4) is 0 Å². The van der Waals surface area contributed by atoms with Crippen LogP contribution in [0.2, 0.25) is 0 Å². The predicted molar refractivity (Wildman–Crippen MR) is 85.0 cm³/mol. The zero-order chi connectivity index (χ0) is 16.8. The molecule has 0 saturated carbocycles. The second-order valence-corrected chi connectivity index (χ2v) is 5.32. The maximum absolute atomic E-state index is 11.7. The Balaban J connectivity index is 1.99. The minimum absolute atomic E-state index is 0.124. The normalized spacial score (nSPS) is 23.0. The molecule has 1 aliphatic rings. The van der Waals surface area contributed by atoms with Gasteiger partial charge in [0.15, 0.2) is 0 Å². The molecule has 1 aliphatic heterocycles. The fourth-order valence-electron chi connectivity index (χ4n) is 2.58. The highest BCUT2D eigenvalue weighted by molar-refractivity contribution is 5.91. The molecule has 2 atom stereocenters. The van der Waals surface area contributed by atoms with Crippen molar-refractivity contribution in [2.45, 2.75) is 11.8 Å². The van der Waals surface area contributed by atoms with Crippen LogP contribution in [0.4, 0.5) is 0 Å². The van der Waals surface area contributed by atoms with Gasteiger partial charge in [-0.3, -0.25) is 9.97 Å². The number of esters is 2. The molecule has 0 aliphatic carbocycles. The Morgan fingerprint density at radius 3 is 1.58 bits per heavy atom. The molecule has 0 bridgehead atoms. The molecular formula is C18H16N2O4. The summed E-state index contributed by atoms with van der Waals surface area (Å²) in [7, 11) is 0. The summed E-state index contributed by atoms with van der Waals surface area (Å²) in [4.78, 5) is 32.2. The minimum Gasteiger partial charge on any atom is -0.462 e. The first-order valence-electron chi connectivity index (χ1n) is 7.57. The first-order chi connectivity index (χ1) is 11.7. The van der Waals surface area contributed by atoms with Gasteiger partial charge in [0.05, 0.1) is 0 Å². The molecule has 2 unspecified atom stereocenters. The van der Waals surface area contributed by atoms with Gasteiger partial charge in [0.1, 0.15) is 13.2 Å². The van der Waals surface area contributed by atoms with Crippen LogP contribution < -0.4 is 0 Å². The number of nitrogens with zero attached hydrogens (tertiary/aromatic N) is 2. The molecule has 122 valence electrons. The monoisotopic (exact) mass is 324 g/mol. The zero-order valence-electron chi connectivity index (χ0n) is 12.9. The summed E-state index contributed by atoms with van der Waals surface area (Å²) in [5.74, 6) is -1.72. The Morgan fingerprint density at radius 1 is 0.750 bits per heavy atom. The molecule has 2 aromatic heterocycles. The van der Waals surface area contributed by atoms with Crippen LogP contribution in [0.15, 0.2) is 60.9 Å². The number of carbonyl (C=O) groups excluding carboxylic acids is 2. The first kappa shape index (κ1) is 15.9. The second-order valence-electron chi connectivity index (χ2n) is 5.32. The molecule has 3 heterocycles. The summed E-state index contributed by atoms with van der Waals surface area (Å²) in [6, 6.07) is 11.1. The lowest BCUT2D eigenvalue weighted by Crippen LogP contribution is -2.26. The van der Waals surface area contributed by atoms with Gasteiger partial charge in [-0.1, -0.05) is 12.1 Å². The van der Waals surface area contributed by atoms with Crippen molar-refractivity contribution in [2.75, 3.05) is 13.2 Å². The average molecular weight is 324 g/mol. The first-order valence-corrected chi connectivity index (χ1v) is 7.57. The molecule has 0 saturated heterocycles. The van der Waals surface area contributed by atoms with Crippen LogP contribution in [0.3, 0.4) is 0 Å². The average Bonchev–Trinajstić information content (AvgIpc) is 2.63. The smallest absolute Gasteiger partial charge is 0.331 e. The molecule has 6 heteroatoms. The Bertz CT molecular complexity index is 668. The van der Waals surface area contributed by atoms with E-state index < -0.39 is 11.9 Å². The second kappa shape index (κ2) is 7.50. The Morgan fingerprint density at radius 2 is 1.21 bits per heavy atom. The quantitative estimate of drug-likeness (QED) is 0.786. The molecule has 0 fully saturated rings. The van der Waals surface area contributed by atoms with Crippen molar-refractivity contribution in [3.05, 3.63) is 72.3 Å². The molecule has 0 N–H and O–H groups in total. The maximum Gasteiger partial charge on any atom is 0.331 e. The van der Waals surface area contributed by atoms with E-state index >= 15 is 0 Å². The molecule has 0 aromatic carbocycles. The topological polar surface area (TPSA) is 78.4 Å². The summed E-state index contributed by atoms with van der Waals surface area (Å²) in [5.41, 5.74) is 1.50. The molecular weight excluding hydrogens is 308 g/mol. The third kappa shape index (κ3) is 3.84. The molecule has 2 aromatic rings. The number of hydrogen-bond donors (Lipinski definition) is 0. The lowest BCUT2D eigenvalue weighted by Gasteiger charge is -2.26. The number of aromatic nitrogens is 2. The fraction of sp³-hybridized carbons (Fsp3) is 0.222.